The zero-order valence-corrected chi connectivity index (χ0v) is 15.1. The molecule has 6 nitrogen and oxygen atoms in total. The molecule has 1 amide bonds. The van der Waals surface area contributed by atoms with Gasteiger partial charge in [-0.3, -0.25) is 9.48 Å². The number of aliphatic hydroxyl groups excluding tert-OH is 1. The van der Waals surface area contributed by atoms with Crippen LogP contribution >= 0.6 is 11.3 Å². The van der Waals surface area contributed by atoms with Gasteiger partial charge >= 0.3 is 6.18 Å². The largest absolute Gasteiger partial charge is 0.416 e. The Bertz CT molecular complexity index is 981. The van der Waals surface area contributed by atoms with Crippen LogP contribution in [-0.4, -0.2) is 25.8 Å². The van der Waals surface area contributed by atoms with Gasteiger partial charge in [-0.15, -0.1) is 0 Å². The highest BCUT2D eigenvalue weighted by Gasteiger charge is 2.31. The van der Waals surface area contributed by atoms with Crippen LogP contribution in [-0.2, 0) is 13.2 Å². The number of thiazole rings is 1. The van der Waals surface area contributed by atoms with Crippen molar-refractivity contribution in [2.24, 2.45) is 7.05 Å². The van der Waals surface area contributed by atoms with Crippen molar-refractivity contribution in [3.63, 3.8) is 0 Å². The number of carbonyl (C=O) groups excluding carboxylic acids is 1. The van der Waals surface area contributed by atoms with Crippen molar-refractivity contribution in [3.8, 4) is 0 Å². The van der Waals surface area contributed by atoms with E-state index in [1.807, 2.05) is 0 Å². The highest BCUT2D eigenvalue weighted by atomic mass is 32.1. The van der Waals surface area contributed by atoms with Crippen molar-refractivity contribution in [1.82, 2.24) is 14.8 Å². The molecular weight excluding hydrogens is 381 g/mol. The normalized spacial score (nSPS) is 12.8. The van der Waals surface area contributed by atoms with E-state index in [1.165, 1.54) is 23.0 Å². The molecule has 10 heteroatoms. The first-order valence-electron chi connectivity index (χ1n) is 7.78. The number of nitrogens with one attached hydrogen (secondary N) is 1. The summed E-state index contributed by atoms with van der Waals surface area (Å²) in [7, 11) is 1.62. The zero-order valence-electron chi connectivity index (χ0n) is 14.3. The first-order chi connectivity index (χ1) is 12.7. The lowest BCUT2D eigenvalue weighted by molar-refractivity contribution is -0.137. The number of benzene rings is 1. The molecule has 0 saturated carbocycles. The van der Waals surface area contributed by atoms with Gasteiger partial charge in [0.25, 0.3) is 5.91 Å². The first-order valence-corrected chi connectivity index (χ1v) is 8.60. The average Bonchev–Trinajstić information content (AvgIpc) is 3.19. The summed E-state index contributed by atoms with van der Waals surface area (Å²) in [5.74, 6) is -0.401. The molecule has 2 aromatic heterocycles. The lowest BCUT2D eigenvalue weighted by Gasteiger charge is -2.11. The predicted octanol–water partition coefficient (Wildman–Crippen LogP) is 3.54. The topological polar surface area (TPSA) is 80.0 Å². The van der Waals surface area contributed by atoms with Gasteiger partial charge in [0.1, 0.15) is 21.8 Å². The third kappa shape index (κ3) is 4.01. The number of aryl methyl sites for hydroxylation is 2. The van der Waals surface area contributed by atoms with Gasteiger partial charge in [-0.25, -0.2) is 4.98 Å². The molecule has 0 aliphatic carbocycles. The standard InChI is InChI=1S/C17H15F3N4O2S/c1-9-15(23-14(26)12-6-7-21-24(12)2)27-16(22-9)13(25)10-4-3-5-11(8-10)17(18,19)20/h3-8,13,25H,1-2H3,(H,23,26). The number of anilines is 1. The van der Waals surface area contributed by atoms with Crippen LogP contribution in [0.3, 0.4) is 0 Å². The average molecular weight is 396 g/mol. The molecular formula is C17H15F3N4O2S. The van der Waals surface area contributed by atoms with Crippen molar-refractivity contribution >= 4 is 22.2 Å². The van der Waals surface area contributed by atoms with Crippen LogP contribution in [0.5, 0.6) is 0 Å². The summed E-state index contributed by atoms with van der Waals surface area (Å²) in [6.07, 6.45) is -4.35. The number of nitrogens with zero attached hydrogens (tertiary/aromatic N) is 3. The monoisotopic (exact) mass is 396 g/mol. The van der Waals surface area contributed by atoms with Gasteiger partial charge in [-0.2, -0.15) is 18.3 Å². The van der Waals surface area contributed by atoms with Crippen LogP contribution in [0.25, 0.3) is 0 Å². The van der Waals surface area contributed by atoms with Crippen LogP contribution in [0.15, 0.2) is 36.5 Å². The third-order valence-electron chi connectivity index (χ3n) is 3.86. The van der Waals surface area contributed by atoms with E-state index in [4.69, 9.17) is 0 Å². The van der Waals surface area contributed by atoms with E-state index in [2.05, 4.69) is 15.4 Å². The molecule has 0 spiro atoms. The molecule has 0 radical (unpaired) electrons. The maximum Gasteiger partial charge on any atom is 0.416 e. The number of aromatic nitrogens is 3. The van der Waals surface area contributed by atoms with E-state index in [-0.39, 0.29) is 10.6 Å². The Hall–Kier alpha value is -2.72. The van der Waals surface area contributed by atoms with E-state index in [0.717, 1.165) is 23.5 Å². The first kappa shape index (κ1) is 19.1. The van der Waals surface area contributed by atoms with Gasteiger partial charge in [0.15, 0.2) is 0 Å². The van der Waals surface area contributed by atoms with Crippen molar-refractivity contribution in [3.05, 3.63) is 64.1 Å². The van der Waals surface area contributed by atoms with E-state index in [1.54, 1.807) is 20.0 Å². The second-order valence-electron chi connectivity index (χ2n) is 5.79. The molecule has 1 atom stereocenters. The van der Waals surface area contributed by atoms with Gasteiger partial charge < -0.3 is 10.4 Å². The summed E-state index contributed by atoms with van der Waals surface area (Å²) >= 11 is 1.00. The molecule has 3 aromatic rings. The SMILES string of the molecule is Cc1nc(C(O)c2cccc(C(F)(F)F)c2)sc1NC(=O)c1ccnn1C. The summed E-state index contributed by atoms with van der Waals surface area (Å²) in [6, 6.07) is 5.99. The number of hydrogen-bond acceptors (Lipinski definition) is 5. The van der Waals surface area contributed by atoms with Crippen molar-refractivity contribution < 1.29 is 23.1 Å². The third-order valence-corrected chi connectivity index (χ3v) is 4.98. The lowest BCUT2D eigenvalue weighted by atomic mass is 10.1. The quantitative estimate of drug-likeness (QED) is 0.707. The Balaban J connectivity index is 1.84. The molecule has 1 aromatic carbocycles. The molecule has 0 aliphatic rings. The number of alkyl halides is 3. The molecule has 2 heterocycles. The molecule has 1 unspecified atom stereocenters. The Kier molecular flexibility index (Phi) is 5.03. The van der Waals surface area contributed by atoms with Crippen molar-refractivity contribution in [1.29, 1.82) is 0 Å². The van der Waals surface area contributed by atoms with E-state index >= 15 is 0 Å². The predicted molar refractivity (Wildman–Crippen MR) is 93.5 cm³/mol. The number of halogens is 3. The van der Waals surface area contributed by atoms with Gasteiger partial charge in [-0.1, -0.05) is 23.5 Å². The summed E-state index contributed by atoms with van der Waals surface area (Å²) in [6.45, 7) is 1.64. The second kappa shape index (κ2) is 7.12. The molecule has 0 fully saturated rings. The zero-order chi connectivity index (χ0) is 19.8. The van der Waals surface area contributed by atoms with Crippen LogP contribution in [0.4, 0.5) is 18.2 Å². The van der Waals surface area contributed by atoms with Gasteiger partial charge in [0.2, 0.25) is 0 Å². The Labute approximate surface area is 156 Å². The summed E-state index contributed by atoms with van der Waals surface area (Å²) < 4.78 is 40.0. The maximum atomic E-state index is 12.9. The summed E-state index contributed by atoms with van der Waals surface area (Å²) in [5.41, 5.74) is 0.0134. The number of carbonyl (C=O) groups is 1. The van der Waals surface area contributed by atoms with Crippen molar-refractivity contribution in [2.45, 2.75) is 19.2 Å². The molecule has 2 N–H and O–H groups in total. The minimum absolute atomic E-state index is 0.0723. The van der Waals surface area contributed by atoms with Crippen molar-refractivity contribution in [2.75, 3.05) is 5.32 Å². The fraction of sp³-hybridized carbons (Fsp3) is 0.235. The van der Waals surface area contributed by atoms with E-state index in [0.29, 0.717) is 16.4 Å². The molecule has 27 heavy (non-hydrogen) atoms. The maximum absolute atomic E-state index is 12.9. The van der Waals surface area contributed by atoms with Gasteiger partial charge in [0.05, 0.1) is 11.3 Å². The molecule has 0 bridgehead atoms. The van der Waals surface area contributed by atoms with Gasteiger partial charge in [0, 0.05) is 13.2 Å². The Morgan fingerprint density at radius 3 is 2.70 bits per heavy atom. The Morgan fingerprint density at radius 2 is 2.07 bits per heavy atom. The minimum atomic E-state index is -4.50. The molecule has 0 aliphatic heterocycles. The number of hydrogen-bond donors (Lipinski definition) is 2. The van der Waals surface area contributed by atoms with Crippen LogP contribution in [0, 0.1) is 6.92 Å². The van der Waals surface area contributed by atoms with Crippen LogP contribution < -0.4 is 5.32 Å². The highest BCUT2D eigenvalue weighted by molar-refractivity contribution is 7.16. The van der Waals surface area contributed by atoms with Crippen LogP contribution in [0.1, 0.15) is 38.4 Å². The van der Waals surface area contributed by atoms with Gasteiger partial charge in [-0.05, 0) is 30.7 Å². The number of aliphatic hydroxyl groups is 1. The minimum Gasteiger partial charge on any atom is -0.381 e. The van der Waals surface area contributed by atoms with E-state index < -0.39 is 23.8 Å². The highest BCUT2D eigenvalue weighted by Crippen LogP contribution is 2.35. The van der Waals surface area contributed by atoms with Crippen LogP contribution in [0.2, 0.25) is 0 Å². The smallest absolute Gasteiger partial charge is 0.381 e. The van der Waals surface area contributed by atoms with E-state index in [9.17, 15) is 23.1 Å². The second-order valence-corrected chi connectivity index (χ2v) is 6.82. The Morgan fingerprint density at radius 1 is 1.33 bits per heavy atom. The molecule has 3 rings (SSSR count). The lowest BCUT2D eigenvalue weighted by Crippen LogP contribution is -2.15. The number of amides is 1. The fourth-order valence-electron chi connectivity index (χ4n) is 2.44. The number of rotatable bonds is 4. The molecule has 142 valence electrons. The summed E-state index contributed by atoms with van der Waals surface area (Å²) in [4.78, 5) is 16.5. The molecule has 0 saturated heterocycles. The summed E-state index contributed by atoms with van der Waals surface area (Å²) in [5, 5.41) is 17.6. The fourth-order valence-corrected chi connectivity index (χ4v) is 3.42.